The van der Waals surface area contributed by atoms with Gasteiger partial charge in [-0.15, -0.1) is 0 Å². The number of fused-ring (bicyclic) bond motifs is 3. The van der Waals surface area contributed by atoms with E-state index in [4.69, 9.17) is 11.6 Å². The van der Waals surface area contributed by atoms with Gasteiger partial charge in [0, 0.05) is 11.1 Å². The first kappa shape index (κ1) is 11.4. The Morgan fingerprint density at radius 3 is 2.83 bits per heavy atom. The molecule has 18 heavy (non-hydrogen) atoms. The maximum Gasteiger partial charge on any atom is 0.271 e. The highest BCUT2D eigenvalue weighted by Gasteiger charge is 2.21. The Morgan fingerprint density at radius 1 is 1.17 bits per heavy atom. The number of benzene rings is 1. The monoisotopic (exact) mass is 258 g/mol. The molecule has 0 saturated carbocycles. The van der Waals surface area contributed by atoms with Crippen molar-refractivity contribution in [2.45, 2.75) is 19.3 Å². The Balaban J connectivity index is 2.28. The van der Waals surface area contributed by atoms with E-state index in [9.17, 15) is 4.79 Å². The molecule has 1 aromatic carbocycles. The second kappa shape index (κ2) is 4.50. The van der Waals surface area contributed by atoms with E-state index in [2.05, 4.69) is 16.0 Å². The molecule has 1 aromatic heterocycles. The van der Waals surface area contributed by atoms with Gasteiger partial charge in [0.05, 0.1) is 5.69 Å². The van der Waals surface area contributed by atoms with Crippen molar-refractivity contribution >= 4 is 16.8 Å². The number of nitrogens with zero attached hydrogens (tertiary/aromatic N) is 2. The van der Waals surface area contributed by atoms with Gasteiger partial charge < -0.3 is 0 Å². The molecule has 3 rings (SSSR count). The van der Waals surface area contributed by atoms with Crippen molar-refractivity contribution in [3.05, 3.63) is 47.4 Å². The number of carbonyl (C=O) groups excluding carboxylic acids is 1. The molecule has 90 valence electrons. The van der Waals surface area contributed by atoms with Gasteiger partial charge in [-0.2, -0.15) is 0 Å². The number of aromatic nitrogens is 2. The van der Waals surface area contributed by atoms with Crippen LogP contribution < -0.4 is 0 Å². The highest BCUT2D eigenvalue weighted by Crippen LogP contribution is 2.31. The zero-order valence-corrected chi connectivity index (χ0v) is 10.4. The molecule has 0 unspecified atom stereocenters. The van der Waals surface area contributed by atoms with E-state index in [1.807, 2.05) is 18.2 Å². The van der Waals surface area contributed by atoms with Crippen LogP contribution in [-0.2, 0) is 12.8 Å². The normalized spacial score (nSPS) is 13.4. The summed E-state index contributed by atoms with van der Waals surface area (Å²) in [4.78, 5) is 19.8. The number of hydrogen-bond donors (Lipinski definition) is 0. The Labute approximate surface area is 110 Å². The number of rotatable bonds is 1. The van der Waals surface area contributed by atoms with Crippen LogP contribution in [0.1, 0.15) is 28.0 Å². The van der Waals surface area contributed by atoms with Crippen LogP contribution in [0.4, 0.5) is 0 Å². The molecule has 0 atom stereocenters. The van der Waals surface area contributed by atoms with Crippen molar-refractivity contribution < 1.29 is 4.79 Å². The molecular weight excluding hydrogens is 248 g/mol. The van der Waals surface area contributed by atoms with Gasteiger partial charge in [-0.1, -0.05) is 24.3 Å². The fraction of sp³-hybridized carbons (Fsp3) is 0.214. The van der Waals surface area contributed by atoms with Crippen LogP contribution in [-0.4, -0.2) is 15.2 Å². The van der Waals surface area contributed by atoms with Crippen molar-refractivity contribution in [2.75, 3.05) is 0 Å². The van der Waals surface area contributed by atoms with Crippen LogP contribution >= 0.6 is 11.6 Å². The minimum atomic E-state index is -0.506. The highest BCUT2D eigenvalue weighted by molar-refractivity contribution is 6.67. The van der Waals surface area contributed by atoms with Crippen molar-refractivity contribution in [2.24, 2.45) is 0 Å². The molecule has 0 bridgehead atoms. The molecule has 1 aliphatic rings. The van der Waals surface area contributed by atoms with Crippen LogP contribution in [0.2, 0.25) is 0 Å². The fourth-order valence-corrected chi connectivity index (χ4v) is 2.64. The van der Waals surface area contributed by atoms with Gasteiger partial charge in [-0.25, -0.2) is 9.97 Å². The quantitative estimate of drug-likeness (QED) is 0.739. The topological polar surface area (TPSA) is 42.9 Å². The summed E-state index contributed by atoms with van der Waals surface area (Å²) in [6.07, 6.45) is 4.17. The molecule has 0 N–H and O–H groups in total. The second-order valence-corrected chi connectivity index (χ2v) is 4.68. The van der Waals surface area contributed by atoms with E-state index in [0.717, 1.165) is 36.1 Å². The third-order valence-corrected chi connectivity index (χ3v) is 3.46. The van der Waals surface area contributed by atoms with E-state index < -0.39 is 5.24 Å². The van der Waals surface area contributed by atoms with Gasteiger partial charge in [-0.05, 0) is 36.4 Å². The number of hydrogen-bond acceptors (Lipinski definition) is 3. The smallest absolute Gasteiger partial charge is 0.271 e. The van der Waals surface area contributed by atoms with Gasteiger partial charge in [0.25, 0.3) is 5.24 Å². The number of halogens is 1. The Bertz CT molecular complexity index is 625. The van der Waals surface area contributed by atoms with Crippen molar-refractivity contribution in [1.82, 2.24) is 9.97 Å². The lowest BCUT2D eigenvalue weighted by Gasteiger charge is -2.09. The zero-order chi connectivity index (χ0) is 12.5. The SMILES string of the molecule is O=C(Cl)c1ncnc2c1CCCc1ccccc1-2. The highest BCUT2D eigenvalue weighted by atomic mass is 35.5. The molecule has 0 saturated heterocycles. The molecular formula is C14H11ClN2O. The maximum atomic E-state index is 11.4. The number of carbonyl (C=O) groups is 1. The molecule has 0 radical (unpaired) electrons. The van der Waals surface area contributed by atoms with Crippen molar-refractivity contribution in [3.8, 4) is 11.3 Å². The van der Waals surface area contributed by atoms with Crippen molar-refractivity contribution in [1.29, 1.82) is 0 Å². The van der Waals surface area contributed by atoms with Crippen LogP contribution in [0, 0.1) is 0 Å². The molecule has 0 aliphatic heterocycles. The molecule has 3 nitrogen and oxygen atoms in total. The average molecular weight is 259 g/mol. The predicted molar refractivity (Wildman–Crippen MR) is 69.7 cm³/mol. The summed E-state index contributed by atoms with van der Waals surface area (Å²) in [5.74, 6) is 0. The lowest BCUT2D eigenvalue weighted by atomic mass is 10.0. The summed E-state index contributed by atoms with van der Waals surface area (Å²) in [5.41, 5.74) is 4.43. The summed E-state index contributed by atoms with van der Waals surface area (Å²) in [5, 5.41) is -0.506. The van der Waals surface area contributed by atoms with Crippen LogP contribution in [0.5, 0.6) is 0 Å². The van der Waals surface area contributed by atoms with Gasteiger partial charge in [0.2, 0.25) is 0 Å². The van der Waals surface area contributed by atoms with Gasteiger partial charge in [-0.3, -0.25) is 4.79 Å². The standard InChI is InChI=1S/C14H11ClN2O/c15-14(18)13-11-7-3-5-9-4-1-2-6-10(9)12(11)16-8-17-13/h1-2,4,6,8H,3,5,7H2. The van der Waals surface area contributed by atoms with Gasteiger partial charge in [0.15, 0.2) is 0 Å². The van der Waals surface area contributed by atoms with Crippen LogP contribution in [0.3, 0.4) is 0 Å². The Morgan fingerprint density at radius 2 is 2.00 bits per heavy atom. The molecule has 4 heteroatoms. The third-order valence-electron chi connectivity index (χ3n) is 3.28. The first-order chi connectivity index (χ1) is 8.77. The number of aryl methyl sites for hydroxylation is 1. The van der Waals surface area contributed by atoms with Crippen LogP contribution in [0.15, 0.2) is 30.6 Å². The minimum absolute atomic E-state index is 0.346. The molecule has 0 fully saturated rings. The summed E-state index contributed by atoms with van der Waals surface area (Å²) in [6, 6.07) is 8.15. The molecule has 0 amide bonds. The first-order valence-electron chi connectivity index (χ1n) is 5.89. The largest absolute Gasteiger partial charge is 0.274 e. The van der Waals surface area contributed by atoms with E-state index >= 15 is 0 Å². The summed E-state index contributed by atoms with van der Waals surface area (Å²) in [7, 11) is 0. The Hall–Kier alpha value is -1.74. The summed E-state index contributed by atoms with van der Waals surface area (Å²) < 4.78 is 0. The van der Waals surface area contributed by atoms with Crippen molar-refractivity contribution in [3.63, 3.8) is 0 Å². The second-order valence-electron chi connectivity index (χ2n) is 4.33. The van der Waals surface area contributed by atoms with E-state index in [-0.39, 0.29) is 0 Å². The predicted octanol–water partition coefficient (Wildman–Crippen LogP) is 3.01. The van der Waals surface area contributed by atoms with E-state index in [1.54, 1.807) is 0 Å². The van der Waals surface area contributed by atoms with Gasteiger partial charge in [0.1, 0.15) is 12.0 Å². The lowest BCUT2D eigenvalue weighted by molar-refractivity contribution is 0.107. The zero-order valence-electron chi connectivity index (χ0n) is 9.69. The summed E-state index contributed by atoms with van der Waals surface area (Å²) in [6.45, 7) is 0. The Kier molecular flexibility index (Phi) is 2.84. The van der Waals surface area contributed by atoms with E-state index in [0.29, 0.717) is 5.69 Å². The minimum Gasteiger partial charge on any atom is -0.274 e. The third kappa shape index (κ3) is 1.81. The van der Waals surface area contributed by atoms with Crippen LogP contribution in [0.25, 0.3) is 11.3 Å². The summed E-state index contributed by atoms with van der Waals surface area (Å²) >= 11 is 5.59. The first-order valence-corrected chi connectivity index (χ1v) is 6.27. The molecule has 1 aliphatic carbocycles. The van der Waals surface area contributed by atoms with E-state index in [1.165, 1.54) is 11.9 Å². The molecule has 1 heterocycles. The van der Waals surface area contributed by atoms with Gasteiger partial charge >= 0.3 is 0 Å². The average Bonchev–Trinajstić information content (AvgIpc) is 2.57. The molecule has 2 aromatic rings. The molecule has 0 spiro atoms. The lowest BCUT2D eigenvalue weighted by Crippen LogP contribution is -2.04. The fourth-order valence-electron chi connectivity index (χ4n) is 2.48. The maximum absolute atomic E-state index is 11.4.